The van der Waals surface area contributed by atoms with E-state index in [4.69, 9.17) is 10.5 Å². The van der Waals surface area contributed by atoms with Crippen LogP contribution in [0.2, 0.25) is 0 Å². The van der Waals surface area contributed by atoms with E-state index in [2.05, 4.69) is 52.1 Å². The molecule has 0 aliphatic rings. The first-order chi connectivity index (χ1) is 10.1. The number of rotatable bonds is 6. The first kappa shape index (κ1) is 16.0. The van der Waals surface area contributed by atoms with Gasteiger partial charge in [-0.15, -0.1) is 0 Å². The van der Waals surface area contributed by atoms with Crippen molar-refractivity contribution >= 4 is 15.9 Å². The van der Waals surface area contributed by atoms with Gasteiger partial charge in [0, 0.05) is 23.6 Å². The molecule has 0 aliphatic heterocycles. The average Bonchev–Trinajstić information content (AvgIpc) is 2.48. The minimum absolute atomic E-state index is 0.189. The number of hydrogen-bond donors (Lipinski definition) is 1. The molecule has 2 rings (SSSR count). The third-order valence-corrected chi connectivity index (χ3v) is 4.05. The lowest BCUT2D eigenvalue weighted by atomic mass is 10.0. The normalized spacial score (nSPS) is 12.4. The van der Waals surface area contributed by atoms with Gasteiger partial charge < -0.3 is 10.5 Å². The van der Waals surface area contributed by atoms with Crippen LogP contribution >= 0.6 is 15.9 Å². The maximum Gasteiger partial charge on any atom is 0.119 e. The Morgan fingerprint density at radius 1 is 1.19 bits per heavy atom. The van der Waals surface area contributed by atoms with Gasteiger partial charge in [-0.3, -0.25) is 4.90 Å². The number of likely N-dealkylation sites (N-methyl/N-ethyl adjacent to an activating group) is 1. The average molecular weight is 349 g/mol. The zero-order valence-electron chi connectivity index (χ0n) is 12.4. The van der Waals surface area contributed by atoms with Crippen LogP contribution in [0.15, 0.2) is 53.0 Å². The maximum atomic E-state index is 5.98. The molecule has 0 spiro atoms. The molecule has 0 radical (unpaired) electrons. The van der Waals surface area contributed by atoms with Crippen LogP contribution in [-0.2, 0) is 6.54 Å². The zero-order valence-corrected chi connectivity index (χ0v) is 14.0. The van der Waals surface area contributed by atoms with Crippen molar-refractivity contribution in [3.05, 3.63) is 64.1 Å². The van der Waals surface area contributed by atoms with Gasteiger partial charge >= 0.3 is 0 Å². The van der Waals surface area contributed by atoms with E-state index in [1.807, 2.05) is 24.3 Å². The number of halogens is 1. The van der Waals surface area contributed by atoms with E-state index < -0.39 is 0 Å². The minimum Gasteiger partial charge on any atom is -0.497 e. The molecule has 0 fully saturated rings. The maximum absolute atomic E-state index is 5.98. The number of benzene rings is 2. The second kappa shape index (κ2) is 7.59. The van der Waals surface area contributed by atoms with E-state index >= 15 is 0 Å². The molecule has 2 aromatic rings. The van der Waals surface area contributed by atoms with E-state index in [-0.39, 0.29) is 6.04 Å². The second-order valence-corrected chi connectivity index (χ2v) is 5.99. The van der Waals surface area contributed by atoms with E-state index in [1.54, 1.807) is 7.11 Å². The molecule has 0 saturated carbocycles. The predicted octanol–water partition coefficient (Wildman–Crippen LogP) is 3.59. The number of nitrogens with zero attached hydrogens (tertiary/aromatic N) is 1. The van der Waals surface area contributed by atoms with Crippen molar-refractivity contribution in [3.8, 4) is 5.75 Å². The first-order valence-corrected chi connectivity index (χ1v) is 7.72. The molecule has 112 valence electrons. The molecule has 2 N–H and O–H groups in total. The lowest BCUT2D eigenvalue weighted by molar-refractivity contribution is 0.241. The predicted molar refractivity (Wildman–Crippen MR) is 90.4 cm³/mol. The molecule has 0 saturated heterocycles. The summed E-state index contributed by atoms with van der Waals surface area (Å²) in [6, 6.07) is 16.6. The Morgan fingerprint density at radius 2 is 1.95 bits per heavy atom. The summed E-state index contributed by atoms with van der Waals surface area (Å²) >= 11 is 3.52. The lowest BCUT2D eigenvalue weighted by Crippen LogP contribution is -2.30. The van der Waals surface area contributed by atoms with E-state index in [0.717, 1.165) is 16.8 Å². The SMILES string of the molecule is COc1cccc(CN(C)C(CN)c2cccc(Br)c2)c1. The van der Waals surface area contributed by atoms with Crippen molar-refractivity contribution in [1.82, 2.24) is 4.90 Å². The molecule has 0 aromatic heterocycles. The number of ether oxygens (including phenoxy) is 1. The van der Waals surface area contributed by atoms with Crippen LogP contribution in [0.25, 0.3) is 0 Å². The van der Waals surface area contributed by atoms with Gasteiger partial charge in [-0.2, -0.15) is 0 Å². The van der Waals surface area contributed by atoms with Crippen molar-refractivity contribution < 1.29 is 4.74 Å². The minimum atomic E-state index is 0.189. The van der Waals surface area contributed by atoms with Crippen LogP contribution < -0.4 is 10.5 Å². The Bertz CT molecular complexity index is 589. The summed E-state index contributed by atoms with van der Waals surface area (Å²) < 4.78 is 6.35. The highest BCUT2D eigenvalue weighted by atomic mass is 79.9. The highest BCUT2D eigenvalue weighted by molar-refractivity contribution is 9.10. The summed E-state index contributed by atoms with van der Waals surface area (Å²) in [7, 11) is 3.78. The Kier molecular flexibility index (Phi) is 5.79. The molecular weight excluding hydrogens is 328 g/mol. The number of hydrogen-bond acceptors (Lipinski definition) is 3. The van der Waals surface area contributed by atoms with Gasteiger partial charge in [-0.05, 0) is 42.4 Å². The fourth-order valence-corrected chi connectivity index (χ4v) is 2.87. The molecule has 0 amide bonds. The van der Waals surface area contributed by atoms with E-state index in [0.29, 0.717) is 6.54 Å². The molecule has 1 unspecified atom stereocenters. The van der Waals surface area contributed by atoms with Crippen molar-refractivity contribution in [3.63, 3.8) is 0 Å². The van der Waals surface area contributed by atoms with Gasteiger partial charge in [0.1, 0.15) is 5.75 Å². The Labute approximate surface area is 134 Å². The van der Waals surface area contributed by atoms with Crippen molar-refractivity contribution in [2.45, 2.75) is 12.6 Å². The number of methoxy groups -OCH3 is 1. The summed E-state index contributed by atoms with van der Waals surface area (Å²) in [5, 5.41) is 0. The van der Waals surface area contributed by atoms with Crippen LogP contribution in [-0.4, -0.2) is 25.6 Å². The highest BCUT2D eigenvalue weighted by Gasteiger charge is 2.16. The molecular formula is C17H21BrN2O. The fourth-order valence-electron chi connectivity index (χ4n) is 2.45. The van der Waals surface area contributed by atoms with Gasteiger partial charge in [0.2, 0.25) is 0 Å². The highest BCUT2D eigenvalue weighted by Crippen LogP contribution is 2.24. The van der Waals surface area contributed by atoms with Crippen LogP contribution in [0.1, 0.15) is 17.2 Å². The molecule has 21 heavy (non-hydrogen) atoms. The summed E-state index contributed by atoms with van der Waals surface area (Å²) in [6.45, 7) is 1.41. The molecule has 0 bridgehead atoms. The smallest absolute Gasteiger partial charge is 0.119 e. The van der Waals surface area contributed by atoms with Gasteiger partial charge in [-0.1, -0.05) is 40.2 Å². The van der Waals surface area contributed by atoms with Crippen LogP contribution in [0.4, 0.5) is 0 Å². The zero-order chi connectivity index (χ0) is 15.2. The van der Waals surface area contributed by atoms with E-state index in [9.17, 15) is 0 Å². The largest absolute Gasteiger partial charge is 0.497 e. The molecule has 2 aromatic carbocycles. The van der Waals surface area contributed by atoms with Crippen LogP contribution in [0.5, 0.6) is 5.75 Å². The Balaban J connectivity index is 2.14. The monoisotopic (exact) mass is 348 g/mol. The topological polar surface area (TPSA) is 38.5 Å². The summed E-state index contributed by atoms with van der Waals surface area (Å²) in [6.07, 6.45) is 0. The summed E-state index contributed by atoms with van der Waals surface area (Å²) in [5.74, 6) is 0.882. The third-order valence-electron chi connectivity index (χ3n) is 3.55. The van der Waals surface area contributed by atoms with Gasteiger partial charge in [0.15, 0.2) is 0 Å². The summed E-state index contributed by atoms with van der Waals surface area (Å²) in [5.41, 5.74) is 8.42. The van der Waals surface area contributed by atoms with Crippen LogP contribution in [0, 0.1) is 0 Å². The van der Waals surface area contributed by atoms with Gasteiger partial charge in [0.25, 0.3) is 0 Å². The molecule has 1 atom stereocenters. The summed E-state index contributed by atoms with van der Waals surface area (Å²) in [4.78, 5) is 2.26. The molecule has 0 aliphatic carbocycles. The second-order valence-electron chi connectivity index (χ2n) is 5.07. The Hall–Kier alpha value is -1.36. The van der Waals surface area contributed by atoms with Crippen LogP contribution in [0.3, 0.4) is 0 Å². The molecule has 0 heterocycles. The molecule has 4 heteroatoms. The van der Waals surface area contributed by atoms with Crippen molar-refractivity contribution in [2.75, 3.05) is 20.7 Å². The Morgan fingerprint density at radius 3 is 2.62 bits per heavy atom. The first-order valence-electron chi connectivity index (χ1n) is 6.92. The molecule has 3 nitrogen and oxygen atoms in total. The quantitative estimate of drug-likeness (QED) is 0.866. The number of nitrogens with two attached hydrogens (primary N) is 1. The lowest BCUT2D eigenvalue weighted by Gasteiger charge is -2.27. The standard InChI is InChI=1S/C17H21BrN2O/c1-20(12-13-5-3-8-16(9-13)21-2)17(11-19)14-6-4-7-15(18)10-14/h3-10,17H,11-12,19H2,1-2H3. The third kappa shape index (κ3) is 4.30. The van der Waals surface area contributed by atoms with Crippen molar-refractivity contribution in [2.24, 2.45) is 5.73 Å². The fraction of sp³-hybridized carbons (Fsp3) is 0.294. The van der Waals surface area contributed by atoms with E-state index in [1.165, 1.54) is 11.1 Å². The van der Waals surface area contributed by atoms with Crippen molar-refractivity contribution in [1.29, 1.82) is 0 Å². The van der Waals surface area contributed by atoms with Gasteiger partial charge in [0.05, 0.1) is 7.11 Å². The van der Waals surface area contributed by atoms with Gasteiger partial charge in [-0.25, -0.2) is 0 Å².